The maximum atomic E-state index is 12.6. The number of aliphatic hydroxyl groups is 1. The summed E-state index contributed by atoms with van der Waals surface area (Å²) in [6.07, 6.45) is 1.70. The lowest BCUT2D eigenvalue weighted by Crippen LogP contribution is -2.31. The molecule has 1 saturated heterocycles. The van der Waals surface area contributed by atoms with Crippen molar-refractivity contribution >= 4 is 37.8 Å². The van der Waals surface area contributed by atoms with Crippen molar-refractivity contribution in [2.75, 3.05) is 13.1 Å². The molecular weight excluding hydrogens is 374 g/mol. The van der Waals surface area contributed by atoms with Gasteiger partial charge in [0.25, 0.3) is 5.91 Å². The second-order valence-electron chi connectivity index (χ2n) is 5.40. The van der Waals surface area contributed by atoms with Gasteiger partial charge in [-0.25, -0.2) is 0 Å². The van der Waals surface area contributed by atoms with E-state index < -0.39 is 0 Å². The van der Waals surface area contributed by atoms with Gasteiger partial charge in [0.05, 0.1) is 11.7 Å². The van der Waals surface area contributed by atoms with Gasteiger partial charge in [0.15, 0.2) is 0 Å². The van der Waals surface area contributed by atoms with Crippen LogP contribution in [0.1, 0.15) is 23.2 Å². The normalized spacial score (nSPS) is 29.6. The van der Waals surface area contributed by atoms with Gasteiger partial charge >= 0.3 is 0 Å². The molecule has 1 aliphatic carbocycles. The zero-order valence-electron chi connectivity index (χ0n) is 10.4. The predicted octanol–water partition coefficient (Wildman–Crippen LogP) is 3.05. The summed E-state index contributed by atoms with van der Waals surface area (Å²) in [7, 11) is 0. The fourth-order valence-corrected chi connectivity index (χ4v) is 4.01. The smallest absolute Gasteiger partial charge is 0.255 e. The summed E-state index contributed by atoms with van der Waals surface area (Å²) in [5, 5.41) is 9.91. The van der Waals surface area contributed by atoms with Gasteiger partial charge in [-0.05, 0) is 52.9 Å². The summed E-state index contributed by atoms with van der Waals surface area (Å²) < 4.78 is 1.72. The van der Waals surface area contributed by atoms with E-state index in [1.807, 2.05) is 23.1 Å². The number of nitrogens with zero attached hydrogens (tertiary/aromatic N) is 1. The van der Waals surface area contributed by atoms with E-state index >= 15 is 0 Å². The van der Waals surface area contributed by atoms with Gasteiger partial charge in [-0.3, -0.25) is 4.79 Å². The molecule has 3 unspecified atom stereocenters. The van der Waals surface area contributed by atoms with Crippen molar-refractivity contribution in [1.82, 2.24) is 4.90 Å². The first-order valence-corrected chi connectivity index (χ1v) is 8.07. The van der Waals surface area contributed by atoms with E-state index in [0.717, 1.165) is 28.3 Å². The van der Waals surface area contributed by atoms with Crippen molar-refractivity contribution in [2.45, 2.75) is 18.9 Å². The van der Waals surface area contributed by atoms with Crippen LogP contribution in [0.4, 0.5) is 0 Å². The van der Waals surface area contributed by atoms with Crippen LogP contribution in [0.5, 0.6) is 0 Å². The monoisotopic (exact) mass is 387 g/mol. The Bertz CT molecular complexity index is 520. The lowest BCUT2D eigenvalue weighted by atomic mass is 10.00. The number of halogens is 2. The van der Waals surface area contributed by atoms with Crippen molar-refractivity contribution in [3.8, 4) is 0 Å². The minimum Gasteiger partial charge on any atom is -0.393 e. The highest BCUT2D eigenvalue weighted by Crippen LogP contribution is 2.39. The van der Waals surface area contributed by atoms with Crippen LogP contribution in [0.25, 0.3) is 0 Å². The van der Waals surface area contributed by atoms with Gasteiger partial charge in [-0.1, -0.05) is 15.9 Å². The zero-order chi connectivity index (χ0) is 13.6. The molecule has 5 heteroatoms. The Balaban J connectivity index is 1.80. The number of amides is 1. The second kappa shape index (κ2) is 5.19. The molecule has 1 amide bonds. The molecule has 0 bridgehead atoms. The van der Waals surface area contributed by atoms with Crippen molar-refractivity contribution in [3.05, 3.63) is 32.7 Å². The number of aliphatic hydroxyl groups excluding tert-OH is 1. The number of carbonyl (C=O) groups is 1. The maximum Gasteiger partial charge on any atom is 0.255 e. The molecule has 1 N–H and O–H groups in total. The van der Waals surface area contributed by atoms with E-state index in [1.165, 1.54) is 0 Å². The average molecular weight is 389 g/mol. The Kier molecular flexibility index (Phi) is 3.71. The average Bonchev–Trinajstić information content (AvgIpc) is 2.94. The summed E-state index contributed by atoms with van der Waals surface area (Å²) in [5.74, 6) is 0.800. The van der Waals surface area contributed by atoms with E-state index in [1.54, 1.807) is 0 Å². The van der Waals surface area contributed by atoms with Crippen LogP contribution in [-0.4, -0.2) is 35.1 Å². The molecule has 1 aromatic rings. The lowest BCUT2D eigenvalue weighted by molar-refractivity contribution is 0.0751. The number of hydrogen-bond acceptors (Lipinski definition) is 2. The van der Waals surface area contributed by atoms with E-state index in [-0.39, 0.29) is 17.9 Å². The first-order valence-electron chi connectivity index (χ1n) is 6.48. The molecule has 1 aromatic carbocycles. The zero-order valence-corrected chi connectivity index (χ0v) is 13.5. The van der Waals surface area contributed by atoms with Crippen LogP contribution in [0.15, 0.2) is 27.1 Å². The summed E-state index contributed by atoms with van der Waals surface area (Å²) >= 11 is 6.83. The third kappa shape index (κ3) is 2.48. The highest BCUT2D eigenvalue weighted by molar-refractivity contribution is 9.11. The molecule has 1 saturated carbocycles. The number of rotatable bonds is 1. The summed E-state index contributed by atoms with van der Waals surface area (Å²) in [5.41, 5.74) is 0.684. The molecule has 2 fully saturated rings. The first kappa shape index (κ1) is 13.6. The minimum atomic E-state index is -0.228. The second-order valence-corrected chi connectivity index (χ2v) is 7.17. The van der Waals surface area contributed by atoms with Gasteiger partial charge in [-0.15, -0.1) is 0 Å². The van der Waals surface area contributed by atoms with Gasteiger partial charge in [0, 0.05) is 28.0 Å². The van der Waals surface area contributed by atoms with Crippen molar-refractivity contribution in [1.29, 1.82) is 0 Å². The number of benzene rings is 1. The van der Waals surface area contributed by atoms with Crippen LogP contribution in [0.2, 0.25) is 0 Å². The Labute approximate surface area is 129 Å². The molecule has 0 aromatic heterocycles. The summed E-state index contributed by atoms with van der Waals surface area (Å²) in [4.78, 5) is 14.4. The predicted molar refractivity (Wildman–Crippen MR) is 80.0 cm³/mol. The molecule has 1 heterocycles. The van der Waals surface area contributed by atoms with Gasteiger partial charge in [0.1, 0.15) is 0 Å². The number of carbonyl (C=O) groups excluding carboxylic acids is 1. The SMILES string of the molecule is O=C(c1cc(Br)ccc1Br)N1CC2CCC(O)C2C1. The third-order valence-electron chi connectivity index (χ3n) is 4.27. The maximum absolute atomic E-state index is 12.6. The van der Waals surface area contributed by atoms with Crippen LogP contribution in [0.3, 0.4) is 0 Å². The van der Waals surface area contributed by atoms with E-state index in [9.17, 15) is 9.90 Å². The topological polar surface area (TPSA) is 40.5 Å². The third-order valence-corrected chi connectivity index (χ3v) is 5.45. The van der Waals surface area contributed by atoms with Crippen LogP contribution >= 0.6 is 31.9 Å². The van der Waals surface area contributed by atoms with Gasteiger partial charge in [0.2, 0.25) is 0 Å². The Morgan fingerprint density at radius 2 is 2.05 bits per heavy atom. The Hall–Kier alpha value is -0.390. The largest absolute Gasteiger partial charge is 0.393 e. The van der Waals surface area contributed by atoms with E-state index in [2.05, 4.69) is 31.9 Å². The quantitative estimate of drug-likeness (QED) is 0.803. The van der Waals surface area contributed by atoms with Crippen molar-refractivity contribution in [2.24, 2.45) is 11.8 Å². The molecular formula is C14H15Br2NO2. The highest BCUT2D eigenvalue weighted by Gasteiger charge is 2.43. The summed E-state index contributed by atoms with van der Waals surface area (Å²) in [6, 6.07) is 5.63. The van der Waals surface area contributed by atoms with Crippen molar-refractivity contribution < 1.29 is 9.90 Å². The fourth-order valence-electron chi connectivity index (χ4n) is 3.23. The molecule has 19 heavy (non-hydrogen) atoms. The highest BCUT2D eigenvalue weighted by atomic mass is 79.9. The molecule has 2 aliphatic rings. The van der Waals surface area contributed by atoms with Crippen LogP contribution in [0, 0.1) is 11.8 Å². The summed E-state index contributed by atoms with van der Waals surface area (Å²) in [6.45, 7) is 1.46. The van der Waals surface area contributed by atoms with E-state index in [0.29, 0.717) is 18.0 Å². The fraction of sp³-hybridized carbons (Fsp3) is 0.500. The minimum absolute atomic E-state index is 0.0507. The Morgan fingerprint density at radius 1 is 1.26 bits per heavy atom. The van der Waals surface area contributed by atoms with E-state index in [4.69, 9.17) is 0 Å². The van der Waals surface area contributed by atoms with Gasteiger partial charge in [-0.2, -0.15) is 0 Å². The number of likely N-dealkylation sites (tertiary alicyclic amines) is 1. The first-order chi connectivity index (χ1) is 9.06. The number of fused-ring (bicyclic) bond motifs is 1. The molecule has 3 nitrogen and oxygen atoms in total. The molecule has 1 aliphatic heterocycles. The van der Waals surface area contributed by atoms with Crippen LogP contribution in [-0.2, 0) is 0 Å². The van der Waals surface area contributed by atoms with Crippen LogP contribution < -0.4 is 0 Å². The molecule has 3 rings (SSSR count). The molecule has 3 atom stereocenters. The lowest BCUT2D eigenvalue weighted by Gasteiger charge is -2.19. The Morgan fingerprint density at radius 3 is 2.79 bits per heavy atom. The van der Waals surface area contributed by atoms with Crippen molar-refractivity contribution in [3.63, 3.8) is 0 Å². The standard InChI is InChI=1S/C14H15Br2NO2/c15-9-2-3-12(16)10(5-9)14(19)17-6-8-1-4-13(18)11(8)7-17/h2-3,5,8,11,13,18H,1,4,6-7H2. The number of hydrogen-bond donors (Lipinski definition) is 1. The molecule has 0 spiro atoms. The molecule has 0 radical (unpaired) electrons. The van der Waals surface area contributed by atoms with Gasteiger partial charge < -0.3 is 10.0 Å². The molecule has 102 valence electrons.